The van der Waals surface area contributed by atoms with Crippen molar-refractivity contribution in [2.45, 2.75) is 0 Å². The van der Waals surface area contributed by atoms with Crippen LogP contribution in [-0.4, -0.2) is 64.6 Å². The Morgan fingerprint density at radius 2 is 1.79 bits per heavy atom. The van der Waals surface area contributed by atoms with Gasteiger partial charge in [-0.2, -0.15) is 0 Å². The van der Waals surface area contributed by atoms with Crippen LogP contribution in [0.2, 0.25) is 0 Å². The Balaban J connectivity index is 0.00000169. The molecule has 0 atom stereocenters. The Hall–Kier alpha value is -1.47. The van der Waals surface area contributed by atoms with Crippen LogP contribution >= 0.6 is 0 Å². The van der Waals surface area contributed by atoms with Crippen molar-refractivity contribution in [2.24, 2.45) is 4.99 Å². The minimum absolute atomic E-state index is 0. The number of carboxylic acids is 2. The maximum Gasteiger partial charge on any atom is 0.359 e. The molecule has 0 aromatic carbocycles. The summed E-state index contributed by atoms with van der Waals surface area (Å²) in [5, 5.41) is 17.2. The van der Waals surface area contributed by atoms with Crippen LogP contribution in [0.1, 0.15) is 0 Å². The molecule has 1 heterocycles. The minimum atomic E-state index is -1.00. The summed E-state index contributed by atoms with van der Waals surface area (Å²) in [5.41, 5.74) is 0. The molecule has 14 heavy (non-hydrogen) atoms. The summed E-state index contributed by atoms with van der Waals surface area (Å²) < 4.78 is -0.0787. The molecule has 0 aromatic heterocycles. The summed E-state index contributed by atoms with van der Waals surface area (Å²) >= 11 is 0. The number of quaternary nitrogens is 1. The molecule has 0 fully saturated rings. The summed E-state index contributed by atoms with van der Waals surface area (Å²) in [6.45, 7) is 0.532. The molecule has 1 rings (SSSR count). The molecule has 7 nitrogen and oxygen atoms in total. The van der Waals surface area contributed by atoms with Crippen molar-refractivity contribution in [3.63, 3.8) is 0 Å². The Morgan fingerprint density at radius 1 is 1.29 bits per heavy atom. The second-order valence-corrected chi connectivity index (χ2v) is 3.07. The third kappa shape index (κ3) is 3.11. The fraction of sp³-hybridized carbons (Fsp3) is 0.571. The highest BCUT2D eigenvalue weighted by Gasteiger charge is 2.34. The SMILES string of the molecule is O=C(O)C[N+]1(CC(=O)O)C=NCC1.[OH-]. The number of aliphatic carboxylic acids is 2. The first kappa shape index (κ1) is 12.5. The Kier molecular flexibility index (Phi) is 4.19. The van der Waals surface area contributed by atoms with Crippen LogP contribution in [0.3, 0.4) is 0 Å². The van der Waals surface area contributed by atoms with Gasteiger partial charge < -0.3 is 15.7 Å². The average Bonchev–Trinajstić information content (AvgIpc) is 2.33. The fourth-order valence-electron chi connectivity index (χ4n) is 1.38. The smallest absolute Gasteiger partial charge is 0.359 e. The van der Waals surface area contributed by atoms with Crippen LogP contribution in [0.5, 0.6) is 0 Å². The van der Waals surface area contributed by atoms with E-state index in [-0.39, 0.29) is 23.0 Å². The van der Waals surface area contributed by atoms with Crippen molar-refractivity contribution in [3.05, 3.63) is 0 Å². The van der Waals surface area contributed by atoms with Crippen LogP contribution in [0.15, 0.2) is 4.99 Å². The molecule has 0 amide bonds. The Morgan fingerprint density at radius 3 is 2.07 bits per heavy atom. The topological polar surface area (TPSA) is 117 Å². The van der Waals surface area contributed by atoms with Gasteiger partial charge in [-0.1, -0.05) is 0 Å². The zero-order valence-corrected chi connectivity index (χ0v) is 7.46. The second kappa shape index (κ2) is 4.68. The van der Waals surface area contributed by atoms with Gasteiger partial charge in [0, 0.05) is 0 Å². The van der Waals surface area contributed by atoms with Gasteiger partial charge in [0.1, 0.15) is 6.54 Å². The van der Waals surface area contributed by atoms with E-state index in [4.69, 9.17) is 10.2 Å². The van der Waals surface area contributed by atoms with Gasteiger partial charge in [-0.05, 0) is 0 Å². The highest BCUT2D eigenvalue weighted by molar-refractivity contribution is 5.73. The van der Waals surface area contributed by atoms with Crippen molar-refractivity contribution < 1.29 is 29.8 Å². The predicted octanol–water partition coefficient (Wildman–Crippen LogP) is -1.16. The lowest BCUT2D eigenvalue weighted by molar-refractivity contribution is -0.813. The maximum atomic E-state index is 10.5. The van der Waals surface area contributed by atoms with Gasteiger partial charge >= 0.3 is 11.9 Å². The standard InChI is InChI=1S/C7H10N2O4.H2O/c10-6(11)3-9(4-7(12)13)2-1-8-5-9;/h5H,1-4H2,(H-,10,11,12,13);1H2. The van der Waals surface area contributed by atoms with Crippen LogP contribution < -0.4 is 0 Å². The largest absolute Gasteiger partial charge is 0.870 e. The number of hydrogen-bond acceptors (Lipinski definition) is 4. The summed E-state index contributed by atoms with van der Waals surface area (Å²) in [7, 11) is 0. The first-order valence-electron chi connectivity index (χ1n) is 3.84. The summed E-state index contributed by atoms with van der Waals surface area (Å²) in [6, 6.07) is 0. The summed E-state index contributed by atoms with van der Waals surface area (Å²) in [5.74, 6) is -2.01. The van der Waals surface area contributed by atoms with Crippen molar-refractivity contribution in [3.8, 4) is 0 Å². The molecule has 0 saturated heterocycles. The van der Waals surface area contributed by atoms with E-state index in [9.17, 15) is 9.59 Å². The van der Waals surface area contributed by atoms with Crippen molar-refractivity contribution >= 4 is 18.3 Å². The first-order valence-corrected chi connectivity index (χ1v) is 3.84. The summed E-state index contributed by atoms with van der Waals surface area (Å²) in [4.78, 5) is 24.8. The van der Waals surface area contributed by atoms with Gasteiger partial charge in [0.05, 0.1) is 6.54 Å². The van der Waals surface area contributed by atoms with Gasteiger partial charge in [-0.3, -0.25) is 4.48 Å². The number of nitrogens with zero attached hydrogens (tertiary/aromatic N) is 2. The van der Waals surface area contributed by atoms with E-state index in [1.807, 2.05) is 0 Å². The number of aliphatic imine (C=N–C) groups is 1. The Labute approximate surface area is 80.2 Å². The molecule has 7 heteroatoms. The number of carbonyl (C=O) groups is 2. The van der Waals surface area contributed by atoms with Crippen LogP contribution in [-0.2, 0) is 9.59 Å². The number of rotatable bonds is 4. The molecule has 0 radical (unpaired) electrons. The van der Waals surface area contributed by atoms with Crippen LogP contribution in [0.25, 0.3) is 0 Å². The quantitative estimate of drug-likeness (QED) is 0.560. The van der Waals surface area contributed by atoms with E-state index in [2.05, 4.69) is 4.99 Å². The molecular weight excluding hydrogens is 192 g/mol. The second-order valence-electron chi connectivity index (χ2n) is 3.07. The molecule has 0 saturated carbocycles. The highest BCUT2D eigenvalue weighted by Crippen LogP contribution is 2.08. The molecule has 1 aliphatic heterocycles. The zero-order chi connectivity index (χ0) is 9.90. The third-order valence-electron chi connectivity index (χ3n) is 1.90. The summed E-state index contributed by atoms with van der Waals surface area (Å²) in [6.07, 6.45) is 1.42. The van der Waals surface area contributed by atoms with E-state index in [0.717, 1.165) is 0 Å². The third-order valence-corrected chi connectivity index (χ3v) is 1.90. The van der Waals surface area contributed by atoms with Gasteiger partial charge in [0.25, 0.3) is 0 Å². The molecule has 80 valence electrons. The zero-order valence-electron chi connectivity index (χ0n) is 7.46. The van der Waals surface area contributed by atoms with Gasteiger partial charge in [-0.15, -0.1) is 0 Å². The molecule has 1 aliphatic rings. The monoisotopic (exact) mass is 204 g/mol. The normalized spacial score (nSPS) is 17.4. The first-order chi connectivity index (χ1) is 6.04. The average molecular weight is 204 g/mol. The molecule has 0 unspecified atom stereocenters. The number of carboxylic acid groups (broad SMARTS) is 2. The van der Waals surface area contributed by atoms with Gasteiger partial charge in [-0.25, -0.2) is 14.6 Å². The molecule has 0 spiro atoms. The molecule has 3 N–H and O–H groups in total. The minimum Gasteiger partial charge on any atom is -0.870 e. The lowest BCUT2D eigenvalue weighted by Gasteiger charge is -2.25. The van der Waals surface area contributed by atoms with Crippen LogP contribution in [0, 0.1) is 0 Å². The molecule has 0 aromatic rings. The van der Waals surface area contributed by atoms with Gasteiger partial charge in [0.15, 0.2) is 19.4 Å². The van der Waals surface area contributed by atoms with Crippen molar-refractivity contribution in [1.29, 1.82) is 0 Å². The predicted molar refractivity (Wildman–Crippen MR) is 45.4 cm³/mol. The number of hydrogen-bond donors (Lipinski definition) is 2. The molecule has 0 bridgehead atoms. The van der Waals surface area contributed by atoms with E-state index in [1.165, 1.54) is 6.34 Å². The van der Waals surface area contributed by atoms with Crippen molar-refractivity contribution in [2.75, 3.05) is 26.2 Å². The maximum absolute atomic E-state index is 10.5. The van der Waals surface area contributed by atoms with E-state index >= 15 is 0 Å². The van der Waals surface area contributed by atoms with E-state index in [1.54, 1.807) is 0 Å². The highest BCUT2D eigenvalue weighted by atomic mass is 16.4. The van der Waals surface area contributed by atoms with Crippen molar-refractivity contribution in [1.82, 2.24) is 0 Å². The molecule has 0 aliphatic carbocycles. The van der Waals surface area contributed by atoms with E-state index in [0.29, 0.717) is 13.1 Å². The van der Waals surface area contributed by atoms with Crippen LogP contribution in [0.4, 0.5) is 0 Å². The molecular formula is C7H12N2O5. The van der Waals surface area contributed by atoms with Gasteiger partial charge in [0.2, 0.25) is 0 Å². The lowest BCUT2D eigenvalue weighted by Crippen LogP contribution is -2.51. The fourth-order valence-corrected chi connectivity index (χ4v) is 1.38. The lowest BCUT2D eigenvalue weighted by atomic mass is 10.3. The Bertz CT molecular complexity index is 247. The van der Waals surface area contributed by atoms with E-state index < -0.39 is 11.9 Å².